The zero-order valence-electron chi connectivity index (χ0n) is 18.3. The minimum absolute atomic E-state index is 0.217. The fourth-order valence-electron chi connectivity index (χ4n) is 3.89. The summed E-state index contributed by atoms with van der Waals surface area (Å²) in [7, 11) is 0. The summed E-state index contributed by atoms with van der Waals surface area (Å²) < 4.78 is 3.63. The van der Waals surface area contributed by atoms with Crippen LogP contribution in [0.4, 0.5) is 5.69 Å². The Morgan fingerprint density at radius 3 is 2.78 bits per heavy atom. The molecule has 1 saturated heterocycles. The highest BCUT2D eigenvalue weighted by molar-refractivity contribution is 5.79. The first-order chi connectivity index (χ1) is 15.6. The zero-order chi connectivity index (χ0) is 22.2. The van der Waals surface area contributed by atoms with Gasteiger partial charge in [-0.15, -0.1) is 5.10 Å². The molecule has 4 aromatic rings. The molecule has 0 aromatic carbocycles. The molecule has 4 aromatic heterocycles. The van der Waals surface area contributed by atoms with Crippen molar-refractivity contribution in [1.29, 1.82) is 5.26 Å². The molecule has 0 saturated carbocycles. The minimum atomic E-state index is 0.217. The summed E-state index contributed by atoms with van der Waals surface area (Å²) in [5.74, 6) is 0.633. The number of nitriles is 1. The molecule has 0 spiro atoms. The molecule has 5 rings (SSSR count). The molecule has 0 bridgehead atoms. The molecule has 0 radical (unpaired) electrons. The van der Waals surface area contributed by atoms with Gasteiger partial charge in [0.05, 0.1) is 24.0 Å². The summed E-state index contributed by atoms with van der Waals surface area (Å²) in [6.07, 6.45) is 7.03. The van der Waals surface area contributed by atoms with E-state index in [0.29, 0.717) is 23.1 Å². The second kappa shape index (κ2) is 8.01. The van der Waals surface area contributed by atoms with Crippen molar-refractivity contribution in [2.75, 3.05) is 25.0 Å². The topological polar surface area (TPSA) is 113 Å². The van der Waals surface area contributed by atoms with Gasteiger partial charge in [-0.25, -0.2) is 14.6 Å². The van der Waals surface area contributed by atoms with Gasteiger partial charge in [-0.1, -0.05) is 12.1 Å². The highest BCUT2D eigenvalue weighted by atomic mass is 15.5. The standard InChI is InChI=1S/C22H24N10/c1-4-30-11-17(12-30)31-13-20(28-29-31)18-10-24-21(6-19(18)27-14(2)3)32-22-16(9-26-32)5-15(7-23)8-25-22/h5-6,8-10,13-14,17H,4,11-12H2,1-3H3,(H,24,27). The maximum absolute atomic E-state index is 9.11. The summed E-state index contributed by atoms with van der Waals surface area (Å²) in [6, 6.07) is 6.41. The lowest BCUT2D eigenvalue weighted by molar-refractivity contribution is 0.104. The van der Waals surface area contributed by atoms with Crippen LogP contribution in [0.5, 0.6) is 0 Å². The molecule has 1 aliphatic rings. The van der Waals surface area contributed by atoms with E-state index in [1.54, 1.807) is 29.3 Å². The SMILES string of the molecule is CCN1CC(n2cc(-c3cnc(-n4ncc5cc(C#N)cnc54)cc3NC(C)C)nn2)C1. The van der Waals surface area contributed by atoms with Crippen molar-refractivity contribution >= 4 is 16.7 Å². The van der Waals surface area contributed by atoms with Crippen molar-refractivity contribution < 1.29 is 0 Å². The van der Waals surface area contributed by atoms with Crippen LogP contribution in [-0.4, -0.2) is 65.3 Å². The van der Waals surface area contributed by atoms with Gasteiger partial charge in [0.25, 0.3) is 0 Å². The molecule has 5 heterocycles. The lowest BCUT2D eigenvalue weighted by Crippen LogP contribution is -2.47. The summed E-state index contributed by atoms with van der Waals surface area (Å²) in [5.41, 5.74) is 3.72. The molecule has 32 heavy (non-hydrogen) atoms. The monoisotopic (exact) mass is 428 g/mol. The highest BCUT2D eigenvalue weighted by Crippen LogP contribution is 2.30. The Morgan fingerprint density at radius 1 is 1.19 bits per heavy atom. The fourth-order valence-corrected chi connectivity index (χ4v) is 3.89. The third-order valence-corrected chi connectivity index (χ3v) is 5.63. The predicted molar refractivity (Wildman–Crippen MR) is 120 cm³/mol. The second-order valence-electron chi connectivity index (χ2n) is 8.28. The lowest BCUT2D eigenvalue weighted by atomic mass is 10.1. The number of nitrogens with zero attached hydrogens (tertiary/aromatic N) is 9. The molecular weight excluding hydrogens is 404 g/mol. The van der Waals surface area contributed by atoms with E-state index in [1.807, 2.05) is 16.9 Å². The quantitative estimate of drug-likeness (QED) is 0.499. The molecular formula is C22H24N10. The molecule has 0 atom stereocenters. The van der Waals surface area contributed by atoms with Gasteiger partial charge in [-0.3, -0.25) is 4.90 Å². The predicted octanol–water partition coefficient (Wildman–Crippen LogP) is 2.64. The largest absolute Gasteiger partial charge is 0.382 e. The number of nitrogens with one attached hydrogen (secondary N) is 1. The number of aromatic nitrogens is 7. The van der Waals surface area contributed by atoms with E-state index in [1.165, 1.54) is 0 Å². The number of pyridine rings is 2. The van der Waals surface area contributed by atoms with Crippen LogP contribution in [-0.2, 0) is 0 Å². The molecule has 1 aliphatic heterocycles. The fraction of sp³-hybridized carbons (Fsp3) is 0.364. The maximum atomic E-state index is 9.11. The van der Waals surface area contributed by atoms with Crippen molar-refractivity contribution in [1.82, 2.24) is 39.6 Å². The van der Waals surface area contributed by atoms with Crippen LogP contribution < -0.4 is 5.32 Å². The lowest BCUT2D eigenvalue weighted by Gasteiger charge is -2.37. The molecule has 1 fully saturated rings. The Morgan fingerprint density at radius 2 is 2.03 bits per heavy atom. The number of likely N-dealkylation sites (N-methyl/N-ethyl adjacent to an activating group) is 1. The van der Waals surface area contributed by atoms with Crippen LogP contribution in [0.1, 0.15) is 32.4 Å². The third-order valence-electron chi connectivity index (χ3n) is 5.63. The number of rotatable bonds is 6. The first kappa shape index (κ1) is 20.1. The van der Waals surface area contributed by atoms with E-state index in [-0.39, 0.29) is 6.04 Å². The van der Waals surface area contributed by atoms with Crippen LogP contribution in [0.2, 0.25) is 0 Å². The number of hydrogen-bond donors (Lipinski definition) is 1. The third kappa shape index (κ3) is 3.56. The summed E-state index contributed by atoms with van der Waals surface area (Å²) in [5, 5.41) is 26.6. The Kier molecular flexibility index (Phi) is 5.03. The van der Waals surface area contributed by atoms with Crippen molar-refractivity contribution in [3.05, 3.63) is 42.5 Å². The van der Waals surface area contributed by atoms with Crippen molar-refractivity contribution in [3.8, 4) is 23.1 Å². The van der Waals surface area contributed by atoms with Crippen molar-refractivity contribution in [2.24, 2.45) is 0 Å². The molecule has 162 valence electrons. The first-order valence-electron chi connectivity index (χ1n) is 10.7. The summed E-state index contributed by atoms with van der Waals surface area (Å²) in [6.45, 7) is 9.40. The smallest absolute Gasteiger partial charge is 0.164 e. The molecule has 0 aliphatic carbocycles. The molecule has 0 amide bonds. The summed E-state index contributed by atoms with van der Waals surface area (Å²) in [4.78, 5) is 11.4. The molecule has 10 heteroatoms. The van der Waals surface area contributed by atoms with Crippen LogP contribution >= 0.6 is 0 Å². The van der Waals surface area contributed by atoms with Crippen LogP contribution in [0, 0.1) is 11.3 Å². The van der Waals surface area contributed by atoms with Crippen LogP contribution in [0.3, 0.4) is 0 Å². The van der Waals surface area contributed by atoms with Crippen LogP contribution in [0.25, 0.3) is 28.1 Å². The average molecular weight is 429 g/mol. The first-order valence-corrected chi connectivity index (χ1v) is 10.7. The summed E-state index contributed by atoms with van der Waals surface area (Å²) >= 11 is 0. The van der Waals surface area contributed by atoms with Gasteiger partial charge in [0.15, 0.2) is 11.5 Å². The number of fused-ring (bicyclic) bond motifs is 1. The molecule has 10 nitrogen and oxygen atoms in total. The Labute approximate surface area is 185 Å². The Hall–Kier alpha value is -3.84. The maximum Gasteiger partial charge on any atom is 0.164 e. The van der Waals surface area contributed by atoms with E-state index in [4.69, 9.17) is 5.26 Å². The van der Waals surface area contributed by atoms with Gasteiger partial charge in [0, 0.05) is 54.2 Å². The van der Waals surface area contributed by atoms with Gasteiger partial charge < -0.3 is 5.32 Å². The van der Waals surface area contributed by atoms with E-state index in [9.17, 15) is 0 Å². The van der Waals surface area contributed by atoms with Gasteiger partial charge in [0.2, 0.25) is 0 Å². The normalized spacial score (nSPS) is 14.6. The van der Waals surface area contributed by atoms with Gasteiger partial charge >= 0.3 is 0 Å². The minimum Gasteiger partial charge on any atom is -0.382 e. The van der Waals surface area contributed by atoms with Crippen molar-refractivity contribution in [3.63, 3.8) is 0 Å². The number of hydrogen-bond acceptors (Lipinski definition) is 8. The van der Waals surface area contributed by atoms with Gasteiger partial charge in [-0.2, -0.15) is 15.0 Å². The van der Waals surface area contributed by atoms with E-state index >= 15 is 0 Å². The van der Waals surface area contributed by atoms with Gasteiger partial charge in [-0.05, 0) is 26.5 Å². The Bertz CT molecular complexity index is 1310. The van der Waals surface area contributed by atoms with E-state index in [2.05, 4.69) is 62.4 Å². The second-order valence-corrected chi connectivity index (χ2v) is 8.28. The highest BCUT2D eigenvalue weighted by Gasteiger charge is 2.28. The molecule has 1 N–H and O–H groups in total. The number of likely N-dealkylation sites (tertiary alicyclic amines) is 1. The van der Waals surface area contributed by atoms with E-state index < -0.39 is 0 Å². The van der Waals surface area contributed by atoms with Crippen LogP contribution in [0.15, 0.2) is 36.9 Å². The number of anilines is 1. The van der Waals surface area contributed by atoms with Crippen molar-refractivity contribution in [2.45, 2.75) is 32.9 Å². The molecule has 0 unspecified atom stereocenters. The van der Waals surface area contributed by atoms with Gasteiger partial charge in [0.1, 0.15) is 11.8 Å². The zero-order valence-corrected chi connectivity index (χ0v) is 18.3. The van der Waals surface area contributed by atoms with E-state index in [0.717, 1.165) is 42.0 Å². The average Bonchev–Trinajstić information content (AvgIpc) is 3.39. The Balaban J connectivity index is 1.51.